The van der Waals surface area contributed by atoms with E-state index in [4.69, 9.17) is 0 Å². The molecular weight excluding hydrogens is 346 g/mol. The molecule has 2 heterocycles. The number of hydrogen-bond donors (Lipinski definition) is 0. The molecule has 0 unspecified atom stereocenters. The number of piperidine rings is 1. The summed E-state index contributed by atoms with van der Waals surface area (Å²) in [6.07, 6.45) is 6.96. The summed E-state index contributed by atoms with van der Waals surface area (Å²) in [5, 5.41) is 11.7. The normalized spacial score (nSPS) is 25.8. The summed E-state index contributed by atoms with van der Waals surface area (Å²) in [5.74, 6) is -0.558. The standard InChI is InChI=1S/C20H23N3O4/c1-13-8-10-21(11-9-13)17-7-6-14(12-18(17)23(26)27)22-19(24)15-4-2-3-5-16(15)20(22)25/h2-3,6-7,12-13,15-16H,4-5,8-11H2,1H3/t15-,16-/m0/s1. The molecule has 142 valence electrons. The molecule has 2 atom stereocenters. The van der Waals surface area contributed by atoms with E-state index in [0.29, 0.717) is 30.1 Å². The number of carbonyl (C=O) groups excluding carboxylic acids is 2. The van der Waals surface area contributed by atoms with Crippen LogP contribution in [0.4, 0.5) is 17.1 Å². The highest BCUT2D eigenvalue weighted by Gasteiger charge is 2.48. The summed E-state index contributed by atoms with van der Waals surface area (Å²) >= 11 is 0. The van der Waals surface area contributed by atoms with Gasteiger partial charge in [-0.25, -0.2) is 4.90 Å². The van der Waals surface area contributed by atoms with Gasteiger partial charge in [-0.15, -0.1) is 0 Å². The summed E-state index contributed by atoms with van der Waals surface area (Å²) in [6, 6.07) is 4.74. The van der Waals surface area contributed by atoms with E-state index < -0.39 is 4.92 Å². The molecule has 4 rings (SSSR count). The van der Waals surface area contributed by atoms with E-state index >= 15 is 0 Å². The zero-order chi connectivity index (χ0) is 19.1. The average molecular weight is 369 g/mol. The molecule has 0 saturated carbocycles. The molecule has 2 saturated heterocycles. The Bertz CT molecular complexity index is 801. The van der Waals surface area contributed by atoms with E-state index in [0.717, 1.165) is 30.8 Å². The number of fused-ring (bicyclic) bond motifs is 1. The molecule has 27 heavy (non-hydrogen) atoms. The van der Waals surface area contributed by atoms with Crippen LogP contribution in [0.1, 0.15) is 32.6 Å². The van der Waals surface area contributed by atoms with Gasteiger partial charge in [0.25, 0.3) is 5.69 Å². The smallest absolute Gasteiger partial charge is 0.294 e. The number of carbonyl (C=O) groups is 2. The van der Waals surface area contributed by atoms with Crippen LogP contribution in [0.5, 0.6) is 0 Å². The Labute approximate surface area is 157 Å². The number of nitro benzene ring substituents is 1. The Hall–Kier alpha value is -2.70. The molecule has 2 aliphatic heterocycles. The monoisotopic (exact) mass is 369 g/mol. The van der Waals surface area contributed by atoms with Crippen LogP contribution in [0.15, 0.2) is 30.4 Å². The van der Waals surface area contributed by atoms with E-state index in [2.05, 4.69) is 6.92 Å². The van der Waals surface area contributed by atoms with E-state index in [-0.39, 0.29) is 29.3 Å². The van der Waals surface area contributed by atoms with Crippen LogP contribution in [-0.4, -0.2) is 29.8 Å². The molecule has 0 spiro atoms. The number of rotatable bonds is 3. The van der Waals surface area contributed by atoms with Gasteiger partial charge in [0.15, 0.2) is 0 Å². The molecule has 7 heteroatoms. The molecule has 0 aromatic heterocycles. The third kappa shape index (κ3) is 3.01. The van der Waals surface area contributed by atoms with Crippen LogP contribution in [0.2, 0.25) is 0 Å². The summed E-state index contributed by atoms with van der Waals surface area (Å²) in [6.45, 7) is 3.74. The van der Waals surface area contributed by atoms with Crippen molar-refractivity contribution in [3.63, 3.8) is 0 Å². The number of nitrogens with zero attached hydrogens (tertiary/aromatic N) is 3. The molecule has 0 N–H and O–H groups in total. The van der Waals surface area contributed by atoms with Crippen LogP contribution in [-0.2, 0) is 9.59 Å². The lowest BCUT2D eigenvalue weighted by Crippen LogP contribution is -2.34. The number of anilines is 2. The number of nitro groups is 1. The van der Waals surface area contributed by atoms with Gasteiger partial charge in [0.2, 0.25) is 11.8 Å². The minimum absolute atomic E-state index is 0.0457. The second kappa shape index (κ2) is 6.79. The Balaban J connectivity index is 1.67. The first-order valence-electron chi connectivity index (χ1n) is 9.53. The van der Waals surface area contributed by atoms with Gasteiger partial charge in [0, 0.05) is 19.2 Å². The average Bonchev–Trinajstić information content (AvgIpc) is 2.93. The van der Waals surface area contributed by atoms with Gasteiger partial charge in [-0.2, -0.15) is 0 Å². The van der Waals surface area contributed by atoms with E-state index in [1.165, 1.54) is 6.07 Å². The van der Waals surface area contributed by atoms with Gasteiger partial charge < -0.3 is 4.90 Å². The van der Waals surface area contributed by atoms with Crippen LogP contribution in [0.25, 0.3) is 0 Å². The first-order valence-corrected chi connectivity index (χ1v) is 9.53. The van der Waals surface area contributed by atoms with Crippen molar-refractivity contribution < 1.29 is 14.5 Å². The van der Waals surface area contributed by atoms with Gasteiger partial charge >= 0.3 is 0 Å². The molecule has 1 aliphatic carbocycles. The number of benzene rings is 1. The maximum atomic E-state index is 12.7. The van der Waals surface area contributed by atoms with Gasteiger partial charge in [0.05, 0.1) is 22.4 Å². The van der Waals surface area contributed by atoms with Crippen molar-refractivity contribution >= 4 is 28.9 Å². The second-order valence-corrected chi connectivity index (χ2v) is 7.77. The quantitative estimate of drug-likeness (QED) is 0.353. The largest absolute Gasteiger partial charge is 0.366 e. The van der Waals surface area contributed by atoms with Gasteiger partial charge in [-0.3, -0.25) is 19.7 Å². The molecule has 0 bridgehead atoms. The van der Waals surface area contributed by atoms with Crippen LogP contribution in [0, 0.1) is 27.9 Å². The zero-order valence-corrected chi connectivity index (χ0v) is 15.3. The van der Waals surface area contributed by atoms with Crippen molar-refractivity contribution in [2.24, 2.45) is 17.8 Å². The SMILES string of the molecule is CC1CCN(c2ccc(N3C(=O)[C@H]4CC=CC[C@@H]4C3=O)cc2[N+](=O)[O-])CC1. The van der Waals surface area contributed by atoms with Crippen molar-refractivity contribution in [2.45, 2.75) is 32.6 Å². The van der Waals surface area contributed by atoms with Crippen molar-refractivity contribution in [2.75, 3.05) is 22.9 Å². The van der Waals surface area contributed by atoms with Gasteiger partial charge in [-0.1, -0.05) is 19.1 Å². The highest BCUT2D eigenvalue weighted by Crippen LogP contribution is 2.40. The maximum absolute atomic E-state index is 12.7. The fourth-order valence-corrected chi connectivity index (χ4v) is 4.37. The van der Waals surface area contributed by atoms with E-state index in [9.17, 15) is 19.7 Å². The minimum Gasteiger partial charge on any atom is -0.366 e. The summed E-state index contributed by atoms with van der Waals surface area (Å²) in [5.41, 5.74) is 0.824. The third-order valence-electron chi connectivity index (χ3n) is 6.05. The number of imide groups is 1. The fraction of sp³-hybridized carbons (Fsp3) is 0.500. The van der Waals surface area contributed by atoms with E-state index in [1.807, 2.05) is 17.1 Å². The Kier molecular flexibility index (Phi) is 4.45. The predicted octanol–water partition coefficient (Wildman–Crippen LogP) is 3.29. The summed E-state index contributed by atoms with van der Waals surface area (Å²) < 4.78 is 0. The molecule has 2 amide bonds. The van der Waals surface area contributed by atoms with Crippen LogP contribution < -0.4 is 9.80 Å². The predicted molar refractivity (Wildman–Crippen MR) is 102 cm³/mol. The van der Waals surface area contributed by atoms with Gasteiger partial charge in [-0.05, 0) is 43.7 Å². The maximum Gasteiger partial charge on any atom is 0.294 e. The van der Waals surface area contributed by atoms with Crippen molar-refractivity contribution in [1.29, 1.82) is 0 Å². The first-order chi connectivity index (χ1) is 13.0. The number of allylic oxidation sites excluding steroid dienone is 2. The van der Waals surface area contributed by atoms with Crippen molar-refractivity contribution in [3.8, 4) is 0 Å². The van der Waals surface area contributed by atoms with Gasteiger partial charge in [0.1, 0.15) is 5.69 Å². The van der Waals surface area contributed by atoms with Crippen LogP contribution in [0.3, 0.4) is 0 Å². The molecule has 1 aromatic rings. The second-order valence-electron chi connectivity index (χ2n) is 7.77. The molecule has 7 nitrogen and oxygen atoms in total. The Morgan fingerprint density at radius 1 is 1.04 bits per heavy atom. The lowest BCUT2D eigenvalue weighted by molar-refractivity contribution is -0.384. The topological polar surface area (TPSA) is 83.8 Å². The molecular formula is C20H23N3O4. The number of hydrogen-bond acceptors (Lipinski definition) is 5. The first kappa shape index (κ1) is 17.7. The third-order valence-corrected chi connectivity index (χ3v) is 6.05. The zero-order valence-electron chi connectivity index (χ0n) is 15.3. The lowest BCUT2D eigenvalue weighted by atomic mass is 9.85. The summed E-state index contributed by atoms with van der Waals surface area (Å²) in [4.78, 5) is 39.9. The molecule has 2 fully saturated rings. The van der Waals surface area contributed by atoms with Crippen molar-refractivity contribution in [3.05, 3.63) is 40.5 Å². The molecule has 0 radical (unpaired) electrons. The molecule has 3 aliphatic rings. The van der Waals surface area contributed by atoms with E-state index in [1.54, 1.807) is 12.1 Å². The number of amides is 2. The highest BCUT2D eigenvalue weighted by molar-refractivity contribution is 6.22. The Morgan fingerprint density at radius 3 is 2.19 bits per heavy atom. The highest BCUT2D eigenvalue weighted by atomic mass is 16.6. The van der Waals surface area contributed by atoms with Crippen molar-refractivity contribution in [1.82, 2.24) is 0 Å². The fourth-order valence-electron chi connectivity index (χ4n) is 4.37. The summed E-state index contributed by atoms with van der Waals surface area (Å²) in [7, 11) is 0. The minimum atomic E-state index is -0.420. The molecule has 1 aromatic carbocycles. The van der Waals surface area contributed by atoms with Crippen LogP contribution >= 0.6 is 0 Å². The Morgan fingerprint density at radius 2 is 1.63 bits per heavy atom. The lowest BCUT2D eigenvalue weighted by Gasteiger charge is -2.32.